The second-order valence-corrected chi connectivity index (χ2v) is 18.1. The van der Waals surface area contributed by atoms with Crippen LogP contribution in [0.25, 0.3) is 0 Å². The van der Waals surface area contributed by atoms with Crippen LogP contribution in [-0.2, 0) is 27.1 Å². The summed E-state index contributed by atoms with van der Waals surface area (Å²) in [6.07, 6.45) is 19.6. The zero-order valence-electron chi connectivity index (χ0n) is 26.5. The Morgan fingerprint density at radius 2 is 0.644 bits per heavy atom. The molecule has 0 amide bonds. The van der Waals surface area contributed by atoms with Crippen LogP contribution >= 0.6 is 0 Å². The van der Waals surface area contributed by atoms with Gasteiger partial charge in [0.1, 0.15) is 0 Å². The van der Waals surface area contributed by atoms with E-state index >= 15 is 0 Å². The minimum Gasteiger partial charge on any atom is -0.286 e. The first kappa shape index (κ1) is 32.3. The second-order valence-electron chi connectivity index (χ2n) is 16.3. The van der Waals surface area contributed by atoms with E-state index in [1.807, 2.05) is 0 Å². The zero-order valence-corrected chi connectivity index (χ0v) is 28.3. The predicted molar refractivity (Wildman–Crippen MR) is 169 cm³/mol. The van der Waals surface area contributed by atoms with Gasteiger partial charge in [-0.05, 0) is 92.8 Å². The minimum atomic E-state index is -3.66. The molecule has 11 nitrogen and oxygen atoms in total. The number of nitrogens with two attached hydrogens (primary N) is 1. The maximum Gasteiger partial charge on any atom is 0.212 e. The van der Waals surface area contributed by atoms with E-state index in [4.69, 9.17) is 5.14 Å². The van der Waals surface area contributed by atoms with Crippen LogP contribution < -0.4 is 47.7 Å². The molecule has 0 aromatic carbocycles. The van der Waals surface area contributed by atoms with Crippen molar-refractivity contribution in [3.63, 3.8) is 0 Å². The fourth-order valence-electron chi connectivity index (χ4n) is 12.4. The van der Waals surface area contributed by atoms with Gasteiger partial charge in [-0.3, -0.25) is 42.5 Å². The van der Waals surface area contributed by atoms with E-state index in [-0.39, 0.29) is 65.9 Å². The SMILES string of the molecule is NS(=O)(=O)C1CCCC2C3NC4NC(NC5NC(NC6NC(NC(N3)C21)C1CCCCC61)C1CCCCC51)C1CCCCC41.[Cu]. The summed E-state index contributed by atoms with van der Waals surface area (Å²) in [6, 6.07) is 0. The summed E-state index contributed by atoms with van der Waals surface area (Å²) in [4.78, 5) is 0. The normalized spacial score (nSPS) is 54.3. The summed E-state index contributed by atoms with van der Waals surface area (Å²) < 4.78 is 26.1. The first-order chi connectivity index (χ1) is 21.4. The van der Waals surface area contributed by atoms with E-state index in [1.165, 1.54) is 77.0 Å². The summed E-state index contributed by atoms with van der Waals surface area (Å²) in [5.74, 6) is 3.83. The van der Waals surface area contributed by atoms with Crippen molar-refractivity contribution in [2.24, 2.45) is 52.5 Å². The molecule has 0 aromatic heterocycles. The summed E-state index contributed by atoms with van der Waals surface area (Å²) in [5, 5.41) is 38.2. The van der Waals surface area contributed by atoms with Crippen LogP contribution in [0.1, 0.15) is 96.3 Å². The largest absolute Gasteiger partial charge is 0.286 e. The van der Waals surface area contributed by atoms with E-state index in [2.05, 4.69) is 42.5 Å². The molecular weight excluding hydrogens is 638 g/mol. The van der Waals surface area contributed by atoms with Gasteiger partial charge in [0.2, 0.25) is 10.0 Å². The van der Waals surface area contributed by atoms with Crippen molar-refractivity contribution >= 4 is 10.0 Å². The van der Waals surface area contributed by atoms with E-state index in [0.29, 0.717) is 54.3 Å². The fourth-order valence-corrected chi connectivity index (χ4v) is 13.7. The number of primary sulfonamides is 1. The zero-order chi connectivity index (χ0) is 29.6. The molecule has 5 heterocycles. The van der Waals surface area contributed by atoms with Crippen LogP contribution in [0.15, 0.2) is 0 Å². The smallest absolute Gasteiger partial charge is 0.212 e. The van der Waals surface area contributed by atoms with E-state index < -0.39 is 15.3 Å². The maximum absolute atomic E-state index is 13.0. The molecule has 45 heavy (non-hydrogen) atoms. The van der Waals surface area contributed by atoms with Gasteiger partial charge < -0.3 is 0 Å². The van der Waals surface area contributed by atoms with Gasteiger partial charge in [-0.25, -0.2) is 13.6 Å². The molecule has 17 atom stereocenters. The summed E-state index contributed by atoms with van der Waals surface area (Å²) in [7, 11) is -3.66. The Hall–Kier alpha value is 0.109. The molecule has 4 aliphatic carbocycles. The molecule has 259 valence electrons. The number of hydrogen-bond donors (Lipinski definition) is 9. The summed E-state index contributed by atoms with van der Waals surface area (Å²) in [5.41, 5.74) is 0. The van der Waals surface area contributed by atoms with Gasteiger partial charge in [-0.15, -0.1) is 0 Å². The maximum atomic E-state index is 13.0. The van der Waals surface area contributed by atoms with Crippen molar-refractivity contribution in [1.29, 1.82) is 0 Å². The molecule has 5 aliphatic heterocycles. The molecule has 9 aliphatic rings. The Bertz CT molecular complexity index is 1180. The van der Waals surface area contributed by atoms with E-state index in [0.717, 1.165) is 12.8 Å². The van der Waals surface area contributed by atoms with Crippen LogP contribution in [0, 0.1) is 47.3 Å². The Kier molecular flexibility index (Phi) is 9.17. The van der Waals surface area contributed by atoms with Gasteiger partial charge in [-0.2, -0.15) is 0 Å². The topological polar surface area (TPSA) is 156 Å². The van der Waals surface area contributed by atoms with Gasteiger partial charge in [-0.1, -0.05) is 44.9 Å². The number of nitrogens with one attached hydrogen (secondary N) is 8. The number of rotatable bonds is 1. The van der Waals surface area contributed by atoms with Gasteiger partial charge in [0.15, 0.2) is 0 Å². The van der Waals surface area contributed by atoms with Crippen molar-refractivity contribution in [3.05, 3.63) is 0 Å². The Balaban J connectivity index is 0.00000300. The van der Waals surface area contributed by atoms with Crippen molar-refractivity contribution in [2.45, 2.75) is 151 Å². The van der Waals surface area contributed by atoms with Crippen LogP contribution in [0.4, 0.5) is 0 Å². The van der Waals surface area contributed by atoms with Crippen molar-refractivity contribution in [3.8, 4) is 0 Å². The standard InChI is InChI=1S/C32H57N9O2S.Cu/c33-44(42,43)23-15-7-14-22-24(23)32-40-30-21-13-6-5-12-20(21)28(38-30)36-26-17-9-2-1-8-16(17)25(34-26)35-27-18-10-3-4-11-19(18)29(37-27)39-31(22)41-32;/h16-32,34-41H,1-15H2,(H2,33,42,43);. The number of sulfonamides is 1. The molecule has 1 radical (unpaired) electrons. The van der Waals surface area contributed by atoms with Crippen LogP contribution in [0.3, 0.4) is 0 Å². The van der Waals surface area contributed by atoms with Gasteiger partial charge in [0.25, 0.3) is 0 Å². The van der Waals surface area contributed by atoms with E-state index in [9.17, 15) is 8.42 Å². The molecule has 0 aromatic rings. The van der Waals surface area contributed by atoms with Crippen molar-refractivity contribution in [2.75, 3.05) is 0 Å². The Morgan fingerprint density at radius 1 is 0.378 bits per heavy atom. The molecule has 9 fully saturated rings. The average Bonchev–Trinajstić information content (AvgIpc) is 3.76. The first-order valence-electron chi connectivity index (χ1n) is 18.5. The number of hydrogen-bond acceptors (Lipinski definition) is 10. The van der Waals surface area contributed by atoms with Gasteiger partial charge in [0.05, 0.1) is 54.6 Å². The summed E-state index contributed by atoms with van der Waals surface area (Å²) >= 11 is 0. The molecule has 0 spiro atoms. The van der Waals surface area contributed by atoms with Gasteiger partial charge >= 0.3 is 0 Å². The summed E-state index contributed by atoms with van der Waals surface area (Å²) in [6.45, 7) is 0. The number of fused-ring (bicyclic) bond motifs is 20. The molecule has 17 unspecified atom stereocenters. The molecule has 9 rings (SSSR count). The molecule has 8 bridgehead atoms. The van der Waals surface area contributed by atoms with Crippen molar-refractivity contribution < 1.29 is 25.5 Å². The predicted octanol–water partition coefficient (Wildman–Crippen LogP) is 0.870. The molecule has 13 heteroatoms. The second kappa shape index (κ2) is 12.8. The Morgan fingerprint density at radius 3 is 0.956 bits per heavy atom. The van der Waals surface area contributed by atoms with Gasteiger partial charge in [0, 0.05) is 23.0 Å². The molecule has 10 N–H and O–H groups in total. The quantitative estimate of drug-likeness (QED) is 0.181. The Labute approximate surface area is 280 Å². The minimum absolute atomic E-state index is 0. The fraction of sp³-hybridized carbons (Fsp3) is 1.00. The first-order valence-corrected chi connectivity index (χ1v) is 20.1. The average molecular weight is 695 g/mol. The van der Waals surface area contributed by atoms with Crippen LogP contribution in [0.5, 0.6) is 0 Å². The monoisotopic (exact) mass is 694 g/mol. The van der Waals surface area contributed by atoms with E-state index in [1.54, 1.807) is 0 Å². The molecule has 4 saturated carbocycles. The third-order valence-electron chi connectivity index (χ3n) is 14.3. The third kappa shape index (κ3) is 5.70. The van der Waals surface area contributed by atoms with Crippen molar-refractivity contribution in [1.82, 2.24) is 42.5 Å². The third-order valence-corrected chi connectivity index (χ3v) is 15.6. The molecular formula is C32H57CuN9O2S. The van der Waals surface area contributed by atoms with Crippen LogP contribution in [-0.4, -0.2) is 63.0 Å². The molecule has 5 saturated heterocycles. The van der Waals surface area contributed by atoms with Crippen LogP contribution in [0.2, 0.25) is 0 Å².